The van der Waals surface area contributed by atoms with Crippen LogP contribution in [0, 0.1) is 26.7 Å². The van der Waals surface area contributed by atoms with E-state index in [-0.39, 0.29) is 17.9 Å². The van der Waals surface area contributed by atoms with Crippen LogP contribution in [0.3, 0.4) is 0 Å². The lowest BCUT2D eigenvalue weighted by Crippen LogP contribution is -2.35. The second-order valence-corrected chi connectivity index (χ2v) is 9.82. The minimum atomic E-state index is -0.242. The van der Waals surface area contributed by atoms with Crippen LogP contribution in [0.5, 0.6) is 0 Å². The van der Waals surface area contributed by atoms with Gasteiger partial charge in [-0.25, -0.2) is 0 Å². The number of anilines is 1. The van der Waals surface area contributed by atoms with Gasteiger partial charge in [-0.1, -0.05) is 49.2 Å². The van der Waals surface area contributed by atoms with E-state index in [1.54, 1.807) is 13.0 Å². The number of aliphatic hydroxyl groups is 1. The van der Waals surface area contributed by atoms with Crippen molar-refractivity contribution < 1.29 is 9.84 Å². The summed E-state index contributed by atoms with van der Waals surface area (Å²) in [6.45, 7) is 14.7. The van der Waals surface area contributed by atoms with Crippen LogP contribution in [0.25, 0.3) is 11.6 Å². The molecular formula is C29H35NO2. The minimum absolute atomic E-state index is 0.0824. The Morgan fingerprint density at radius 2 is 1.84 bits per heavy atom. The molecular weight excluding hydrogens is 394 g/mol. The fraction of sp³-hybridized carbons (Fsp3) is 0.379. The molecule has 2 aromatic carbocycles. The zero-order valence-electron chi connectivity index (χ0n) is 20.4. The Bertz CT molecular complexity index is 1130. The van der Waals surface area contributed by atoms with Crippen molar-refractivity contribution in [1.82, 2.24) is 0 Å². The molecule has 0 saturated heterocycles. The zero-order valence-corrected chi connectivity index (χ0v) is 20.4. The summed E-state index contributed by atoms with van der Waals surface area (Å²) < 4.78 is 6.44. The molecule has 3 heteroatoms. The lowest BCUT2D eigenvalue weighted by molar-refractivity contribution is 0.159. The molecule has 0 spiro atoms. The summed E-state index contributed by atoms with van der Waals surface area (Å²) in [7, 11) is 0. The molecule has 32 heavy (non-hydrogen) atoms. The largest absolute Gasteiger partial charge is 0.513 e. The first-order chi connectivity index (χ1) is 15.1. The zero-order chi connectivity index (χ0) is 23.2. The van der Waals surface area contributed by atoms with Crippen molar-refractivity contribution in [3.8, 4) is 0 Å². The van der Waals surface area contributed by atoms with Gasteiger partial charge < -0.3 is 14.7 Å². The van der Waals surface area contributed by atoms with E-state index in [1.165, 1.54) is 44.6 Å². The molecule has 2 unspecified atom stereocenters. The van der Waals surface area contributed by atoms with Gasteiger partial charge in [0.25, 0.3) is 0 Å². The maximum Gasteiger partial charge on any atom is 0.195 e. The van der Waals surface area contributed by atoms with Gasteiger partial charge in [-0.15, -0.1) is 0 Å². The van der Waals surface area contributed by atoms with E-state index in [1.807, 2.05) is 6.92 Å². The SMILES string of the molecule is C/C(O)=C/C(C)OC1=Cc2c(C)cc(C)cc2C2C=C(CC(C)C)c3cc(C)ccc3N12. The molecule has 2 aliphatic heterocycles. The van der Waals surface area contributed by atoms with Crippen LogP contribution < -0.4 is 4.90 Å². The molecule has 2 aliphatic rings. The normalized spacial score (nSPS) is 18.4. The van der Waals surface area contributed by atoms with Gasteiger partial charge in [0.2, 0.25) is 0 Å². The second-order valence-electron chi connectivity index (χ2n) is 9.82. The summed E-state index contributed by atoms with van der Waals surface area (Å²) >= 11 is 0. The number of fused-ring (bicyclic) bond motifs is 5. The highest BCUT2D eigenvalue weighted by Crippen LogP contribution is 2.49. The molecule has 0 aromatic heterocycles. The maximum absolute atomic E-state index is 9.76. The number of hydrogen-bond donors (Lipinski definition) is 1. The summed E-state index contributed by atoms with van der Waals surface area (Å²) in [5.41, 5.74) is 10.2. The number of nitrogens with zero attached hydrogens (tertiary/aromatic N) is 1. The van der Waals surface area contributed by atoms with Gasteiger partial charge >= 0.3 is 0 Å². The smallest absolute Gasteiger partial charge is 0.195 e. The van der Waals surface area contributed by atoms with Gasteiger partial charge in [0.1, 0.15) is 6.10 Å². The molecule has 168 valence electrons. The summed E-state index contributed by atoms with van der Waals surface area (Å²) in [6.07, 6.45) is 7.15. The van der Waals surface area contributed by atoms with E-state index in [2.05, 4.69) is 82.0 Å². The monoisotopic (exact) mass is 429 g/mol. The maximum atomic E-state index is 9.76. The molecule has 0 saturated carbocycles. The second kappa shape index (κ2) is 8.54. The Kier molecular flexibility index (Phi) is 5.94. The first-order valence-electron chi connectivity index (χ1n) is 11.6. The van der Waals surface area contributed by atoms with Crippen LogP contribution in [-0.2, 0) is 4.74 Å². The van der Waals surface area contributed by atoms with Crippen LogP contribution in [0.1, 0.15) is 73.5 Å². The van der Waals surface area contributed by atoms with Crippen molar-refractivity contribution >= 4 is 17.3 Å². The Labute approximate surface area is 192 Å². The highest BCUT2D eigenvalue weighted by molar-refractivity contribution is 5.86. The molecule has 3 nitrogen and oxygen atoms in total. The molecule has 0 amide bonds. The number of aryl methyl sites for hydroxylation is 3. The summed E-state index contributed by atoms with van der Waals surface area (Å²) in [5, 5.41) is 9.76. The van der Waals surface area contributed by atoms with Crippen LogP contribution in [-0.4, -0.2) is 11.2 Å². The number of hydrogen-bond acceptors (Lipinski definition) is 3. The number of ether oxygens (including phenoxy) is 1. The summed E-state index contributed by atoms with van der Waals surface area (Å²) in [6, 6.07) is 11.4. The van der Waals surface area contributed by atoms with Crippen molar-refractivity contribution in [2.24, 2.45) is 5.92 Å². The van der Waals surface area contributed by atoms with E-state index < -0.39 is 0 Å². The molecule has 2 atom stereocenters. The van der Waals surface area contributed by atoms with Crippen LogP contribution in [0.15, 0.2) is 54.1 Å². The molecule has 1 N–H and O–H groups in total. The predicted octanol–water partition coefficient (Wildman–Crippen LogP) is 7.78. The average molecular weight is 430 g/mol. The van der Waals surface area contributed by atoms with Gasteiger partial charge in [0, 0.05) is 11.6 Å². The topological polar surface area (TPSA) is 32.7 Å². The van der Waals surface area contributed by atoms with E-state index in [9.17, 15) is 5.11 Å². The average Bonchev–Trinajstić information content (AvgIpc) is 2.67. The molecule has 0 fully saturated rings. The van der Waals surface area contributed by atoms with Crippen LogP contribution >= 0.6 is 0 Å². The third-order valence-corrected chi connectivity index (χ3v) is 6.19. The molecule has 0 radical (unpaired) electrons. The van der Waals surface area contributed by atoms with Crippen molar-refractivity contribution in [3.63, 3.8) is 0 Å². The molecule has 0 aliphatic carbocycles. The number of benzene rings is 2. The standard InChI is InChI=1S/C29H35NO2/c1-17(2)10-23-15-28-26-13-19(4)11-20(5)24(26)16-29(32-22(7)14-21(6)31)30(28)27-9-8-18(3)12-25(23)27/h8-9,11-17,22,28,31H,10H2,1-7H3/b21-14-. The third kappa shape index (κ3) is 4.21. The van der Waals surface area contributed by atoms with Crippen LogP contribution in [0.4, 0.5) is 5.69 Å². The Morgan fingerprint density at radius 3 is 2.53 bits per heavy atom. The van der Waals surface area contributed by atoms with Crippen molar-refractivity contribution in [2.45, 2.75) is 67.0 Å². The fourth-order valence-corrected chi connectivity index (χ4v) is 5.03. The van der Waals surface area contributed by atoms with Gasteiger partial charge in [-0.2, -0.15) is 0 Å². The van der Waals surface area contributed by atoms with Gasteiger partial charge in [-0.3, -0.25) is 0 Å². The predicted molar refractivity (Wildman–Crippen MR) is 135 cm³/mol. The Hall–Kier alpha value is -2.94. The van der Waals surface area contributed by atoms with Crippen LogP contribution in [0.2, 0.25) is 0 Å². The summed E-state index contributed by atoms with van der Waals surface area (Å²) in [5.74, 6) is 1.67. The molecule has 2 aromatic rings. The first kappa shape index (κ1) is 22.3. The molecule has 4 rings (SSSR count). The number of aliphatic hydroxyl groups excluding tert-OH is 1. The third-order valence-electron chi connectivity index (χ3n) is 6.19. The van der Waals surface area contributed by atoms with E-state index >= 15 is 0 Å². The highest BCUT2D eigenvalue weighted by Gasteiger charge is 2.36. The minimum Gasteiger partial charge on any atom is -0.513 e. The summed E-state index contributed by atoms with van der Waals surface area (Å²) in [4.78, 5) is 2.33. The van der Waals surface area contributed by atoms with Crippen molar-refractivity contribution in [3.05, 3.63) is 87.5 Å². The number of allylic oxidation sites excluding steroid dienone is 2. The van der Waals surface area contributed by atoms with Gasteiger partial charge in [-0.05, 0) is 87.4 Å². The Morgan fingerprint density at radius 1 is 1.09 bits per heavy atom. The lowest BCUT2D eigenvalue weighted by atomic mass is 9.83. The first-order valence-corrected chi connectivity index (χ1v) is 11.6. The fourth-order valence-electron chi connectivity index (χ4n) is 5.03. The van der Waals surface area contributed by atoms with E-state index in [4.69, 9.17) is 4.74 Å². The van der Waals surface area contributed by atoms with E-state index in [0.29, 0.717) is 5.92 Å². The van der Waals surface area contributed by atoms with Crippen molar-refractivity contribution in [2.75, 3.05) is 4.90 Å². The van der Waals surface area contributed by atoms with E-state index in [0.717, 1.165) is 12.3 Å². The number of rotatable bonds is 5. The van der Waals surface area contributed by atoms with Gasteiger partial charge in [0.15, 0.2) is 5.88 Å². The lowest BCUT2D eigenvalue weighted by Gasteiger charge is -2.43. The molecule has 2 heterocycles. The molecule has 0 bridgehead atoms. The van der Waals surface area contributed by atoms with Gasteiger partial charge in [0.05, 0.1) is 17.5 Å². The quantitative estimate of drug-likeness (QED) is 0.493. The highest BCUT2D eigenvalue weighted by atomic mass is 16.5. The van der Waals surface area contributed by atoms with Crippen molar-refractivity contribution in [1.29, 1.82) is 0 Å². The Balaban J connectivity index is 1.93.